The third-order valence-electron chi connectivity index (χ3n) is 1.84. The maximum atomic E-state index is 3.19. The molecule has 0 spiro atoms. The van der Waals surface area contributed by atoms with E-state index >= 15 is 0 Å². The molecular formula is C10H24N2. The van der Waals surface area contributed by atoms with E-state index in [2.05, 4.69) is 31.0 Å². The minimum Gasteiger partial charge on any atom is -0.318 e. The fourth-order valence-corrected chi connectivity index (χ4v) is 1.40. The van der Waals surface area contributed by atoms with Crippen molar-refractivity contribution in [3.63, 3.8) is 0 Å². The SMILES string of the molecule is CCCN(CCNC)CC(C)C. The van der Waals surface area contributed by atoms with Crippen LogP contribution in [0, 0.1) is 5.92 Å². The molecule has 0 saturated carbocycles. The van der Waals surface area contributed by atoms with Crippen LogP contribution in [0.5, 0.6) is 0 Å². The zero-order valence-electron chi connectivity index (χ0n) is 9.06. The zero-order valence-corrected chi connectivity index (χ0v) is 9.06. The third kappa shape index (κ3) is 6.62. The second-order valence-electron chi connectivity index (χ2n) is 3.80. The fourth-order valence-electron chi connectivity index (χ4n) is 1.40. The molecule has 0 aromatic heterocycles. The van der Waals surface area contributed by atoms with Gasteiger partial charge >= 0.3 is 0 Å². The molecule has 0 bridgehead atoms. The van der Waals surface area contributed by atoms with Gasteiger partial charge in [0.2, 0.25) is 0 Å². The van der Waals surface area contributed by atoms with Crippen LogP contribution in [0.4, 0.5) is 0 Å². The predicted molar refractivity (Wildman–Crippen MR) is 55.5 cm³/mol. The monoisotopic (exact) mass is 172 g/mol. The van der Waals surface area contributed by atoms with Crippen LogP contribution in [-0.4, -0.2) is 38.1 Å². The van der Waals surface area contributed by atoms with Gasteiger partial charge in [-0.2, -0.15) is 0 Å². The van der Waals surface area contributed by atoms with Crippen LogP contribution in [0.25, 0.3) is 0 Å². The number of nitrogens with one attached hydrogen (secondary N) is 1. The van der Waals surface area contributed by atoms with Crippen molar-refractivity contribution in [2.24, 2.45) is 5.92 Å². The van der Waals surface area contributed by atoms with Crippen LogP contribution in [0.3, 0.4) is 0 Å². The lowest BCUT2D eigenvalue weighted by Crippen LogP contribution is -2.34. The molecule has 0 heterocycles. The van der Waals surface area contributed by atoms with Crippen molar-refractivity contribution in [2.45, 2.75) is 27.2 Å². The summed E-state index contributed by atoms with van der Waals surface area (Å²) in [4.78, 5) is 2.53. The van der Waals surface area contributed by atoms with E-state index in [1.807, 2.05) is 7.05 Å². The van der Waals surface area contributed by atoms with Gasteiger partial charge in [0.15, 0.2) is 0 Å². The Balaban J connectivity index is 3.54. The average molecular weight is 172 g/mol. The first-order valence-electron chi connectivity index (χ1n) is 5.07. The Hall–Kier alpha value is -0.0800. The Labute approximate surface area is 77.3 Å². The molecule has 0 aliphatic heterocycles. The lowest BCUT2D eigenvalue weighted by Gasteiger charge is -2.23. The fraction of sp³-hybridized carbons (Fsp3) is 1.00. The van der Waals surface area contributed by atoms with Crippen molar-refractivity contribution in [1.82, 2.24) is 10.2 Å². The number of rotatable bonds is 7. The number of hydrogen-bond acceptors (Lipinski definition) is 2. The molecule has 74 valence electrons. The van der Waals surface area contributed by atoms with Crippen LogP contribution >= 0.6 is 0 Å². The van der Waals surface area contributed by atoms with Gasteiger partial charge in [-0.3, -0.25) is 0 Å². The maximum Gasteiger partial charge on any atom is 0.0107 e. The molecule has 0 aliphatic carbocycles. The van der Waals surface area contributed by atoms with E-state index in [0.717, 1.165) is 12.5 Å². The summed E-state index contributed by atoms with van der Waals surface area (Å²) in [7, 11) is 2.01. The summed E-state index contributed by atoms with van der Waals surface area (Å²) in [5.74, 6) is 0.786. The molecule has 0 unspecified atom stereocenters. The highest BCUT2D eigenvalue weighted by molar-refractivity contribution is 4.60. The second-order valence-corrected chi connectivity index (χ2v) is 3.80. The van der Waals surface area contributed by atoms with E-state index in [0.29, 0.717) is 0 Å². The summed E-state index contributed by atoms with van der Waals surface area (Å²) in [5.41, 5.74) is 0. The van der Waals surface area contributed by atoms with Crippen molar-refractivity contribution in [2.75, 3.05) is 33.2 Å². The molecule has 2 nitrogen and oxygen atoms in total. The molecular weight excluding hydrogens is 148 g/mol. The van der Waals surface area contributed by atoms with Gasteiger partial charge in [0.25, 0.3) is 0 Å². The molecule has 12 heavy (non-hydrogen) atoms. The first-order chi connectivity index (χ1) is 5.70. The van der Waals surface area contributed by atoms with Crippen molar-refractivity contribution < 1.29 is 0 Å². The highest BCUT2D eigenvalue weighted by atomic mass is 15.1. The molecule has 0 atom stereocenters. The summed E-state index contributed by atoms with van der Waals surface area (Å²) in [6.45, 7) is 11.6. The summed E-state index contributed by atoms with van der Waals surface area (Å²) >= 11 is 0. The normalized spacial score (nSPS) is 11.5. The minimum absolute atomic E-state index is 0.786. The van der Waals surface area contributed by atoms with Crippen LogP contribution in [0.2, 0.25) is 0 Å². The van der Waals surface area contributed by atoms with Crippen LogP contribution in [0.15, 0.2) is 0 Å². The standard InChI is InChI=1S/C10H24N2/c1-5-7-12(8-6-11-4)9-10(2)3/h10-11H,5-9H2,1-4H3. The van der Waals surface area contributed by atoms with Crippen LogP contribution in [-0.2, 0) is 0 Å². The molecule has 0 amide bonds. The topological polar surface area (TPSA) is 15.3 Å². The first-order valence-corrected chi connectivity index (χ1v) is 5.07. The van der Waals surface area contributed by atoms with Crippen molar-refractivity contribution in [3.05, 3.63) is 0 Å². The Morgan fingerprint density at radius 1 is 1.25 bits per heavy atom. The Morgan fingerprint density at radius 2 is 1.92 bits per heavy atom. The van der Waals surface area contributed by atoms with E-state index in [9.17, 15) is 0 Å². The Morgan fingerprint density at radius 3 is 2.33 bits per heavy atom. The smallest absolute Gasteiger partial charge is 0.0107 e. The van der Waals surface area contributed by atoms with Gasteiger partial charge < -0.3 is 10.2 Å². The van der Waals surface area contributed by atoms with E-state index in [1.54, 1.807) is 0 Å². The Kier molecular flexibility index (Phi) is 7.51. The summed E-state index contributed by atoms with van der Waals surface area (Å²) in [6.07, 6.45) is 1.26. The van der Waals surface area contributed by atoms with E-state index in [-0.39, 0.29) is 0 Å². The van der Waals surface area contributed by atoms with Gasteiger partial charge in [-0.05, 0) is 25.9 Å². The number of likely N-dealkylation sites (N-methyl/N-ethyl adjacent to an activating group) is 1. The van der Waals surface area contributed by atoms with Crippen molar-refractivity contribution >= 4 is 0 Å². The lowest BCUT2D eigenvalue weighted by atomic mass is 10.2. The quantitative estimate of drug-likeness (QED) is 0.627. The van der Waals surface area contributed by atoms with Crippen molar-refractivity contribution in [3.8, 4) is 0 Å². The third-order valence-corrected chi connectivity index (χ3v) is 1.84. The average Bonchev–Trinajstić information content (AvgIpc) is 2.00. The molecule has 0 fully saturated rings. The summed E-state index contributed by atoms with van der Waals surface area (Å²) in [6, 6.07) is 0. The second kappa shape index (κ2) is 7.56. The summed E-state index contributed by atoms with van der Waals surface area (Å²) < 4.78 is 0. The molecule has 2 heteroatoms. The molecule has 0 radical (unpaired) electrons. The summed E-state index contributed by atoms with van der Waals surface area (Å²) in [5, 5.41) is 3.19. The van der Waals surface area contributed by atoms with Gasteiger partial charge in [-0.15, -0.1) is 0 Å². The van der Waals surface area contributed by atoms with E-state index < -0.39 is 0 Å². The van der Waals surface area contributed by atoms with Crippen LogP contribution in [0.1, 0.15) is 27.2 Å². The predicted octanol–water partition coefficient (Wildman–Crippen LogP) is 1.57. The molecule has 1 N–H and O–H groups in total. The number of hydrogen-bond donors (Lipinski definition) is 1. The maximum absolute atomic E-state index is 3.19. The highest BCUT2D eigenvalue weighted by Crippen LogP contribution is 1.98. The van der Waals surface area contributed by atoms with Gasteiger partial charge in [0.1, 0.15) is 0 Å². The van der Waals surface area contributed by atoms with Gasteiger partial charge in [0.05, 0.1) is 0 Å². The van der Waals surface area contributed by atoms with E-state index in [1.165, 1.54) is 26.1 Å². The first kappa shape index (κ1) is 11.9. The minimum atomic E-state index is 0.786. The van der Waals surface area contributed by atoms with Gasteiger partial charge in [-0.1, -0.05) is 20.8 Å². The lowest BCUT2D eigenvalue weighted by molar-refractivity contribution is 0.246. The molecule has 0 aromatic rings. The Bertz CT molecular complexity index is 91.8. The van der Waals surface area contributed by atoms with Gasteiger partial charge in [-0.25, -0.2) is 0 Å². The highest BCUT2D eigenvalue weighted by Gasteiger charge is 2.04. The van der Waals surface area contributed by atoms with Crippen LogP contribution < -0.4 is 5.32 Å². The van der Waals surface area contributed by atoms with Gasteiger partial charge in [0, 0.05) is 19.6 Å². The largest absolute Gasteiger partial charge is 0.318 e. The van der Waals surface area contributed by atoms with Crippen molar-refractivity contribution in [1.29, 1.82) is 0 Å². The molecule has 0 aliphatic rings. The zero-order chi connectivity index (χ0) is 9.40. The molecule has 0 saturated heterocycles. The number of nitrogens with zero attached hydrogens (tertiary/aromatic N) is 1. The molecule has 0 rings (SSSR count). The van der Waals surface area contributed by atoms with E-state index in [4.69, 9.17) is 0 Å². The molecule has 0 aromatic carbocycles.